The second-order valence-corrected chi connectivity index (χ2v) is 6.89. The predicted molar refractivity (Wildman–Crippen MR) is 102 cm³/mol. The van der Waals surface area contributed by atoms with Crippen LogP contribution in [0.1, 0.15) is 6.42 Å². The van der Waals surface area contributed by atoms with Gasteiger partial charge in [-0.25, -0.2) is 0 Å². The summed E-state index contributed by atoms with van der Waals surface area (Å²) in [4.78, 5) is 31.2. The van der Waals surface area contributed by atoms with Gasteiger partial charge in [-0.3, -0.25) is 9.59 Å². The zero-order valence-corrected chi connectivity index (χ0v) is 14.8. The van der Waals surface area contributed by atoms with E-state index in [1.54, 1.807) is 4.90 Å². The SMILES string of the molecule is O=C([C@H]1CC(=O)N(c2ccccc2)C1)N1CCN(c2ccccc2)CC1. The molecule has 2 amide bonds. The van der Waals surface area contributed by atoms with E-state index in [2.05, 4.69) is 17.0 Å². The molecule has 4 rings (SSSR count). The van der Waals surface area contributed by atoms with Crippen LogP contribution in [0.25, 0.3) is 0 Å². The van der Waals surface area contributed by atoms with E-state index in [1.807, 2.05) is 53.4 Å². The first-order valence-corrected chi connectivity index (χ1v) is 9.16. The molecule has 26 heavy (non-hydrogen) atoms. The van der Waals surface area contributed by atoms with Crippen molar-refractivity contribution in [3.05, 3.63) is 60.7 Å². The lowest BCUT2D eigenvalue weighted by Gasteiger charge is -2.37. The number of piperazine rings is 1. The summed E-state index contributed by atoms with van der Waals surface area (Å²) in [7, 11) is 0. The first-order chi connectivity index (χ1) is 12.7. The molecule has 5 nitrogen and oxygen atoms in total. The monoisotopic (exact) mass is 349 g/mol. The van der Waals surface area contributed by atoms with Gasteiger partial charge in [0.15, 0.2) is 0 Å². The fourth-order valence-electron chi connectivity index (χ4n) is 3.81. The Morgan fingerprint density at radius 2 is 1.38 bits per heavy atom. The first kappa shape index (κ1) is 16.6. The number of nitrogens with zero attached hydrogens (tertiary/aromatic N) is 3. The molecule has 2 aliphatic rings. The van der Waals surface area contributed by atoms with Crippen molar-refractivity contribution in [1.29, 1.82) is 0 Å². The molecule has 2 aromatic rings. The minimum atomic E-state index is -0.231. The molecule has 0 radical (unpaired) electrons. The summed E-state index contributed by atoms with van der Waals surface area (Å²) in [6.45, 7) is 3.58. The Labute approximate surface area is 153 Å². The van der Waals surface area contributed by atoms with Gasteiger partial charge in [0.2, 0.25) is 11.8 Å². The third-order valence-electron chi connectivity index (χ3n) is 5.25. The van der Waals surface area contributed by atoms with Gasteiger partial charge in [0.05, 0.1) is 5.92 Å². The van der Waals surface area contributed by atoms with E-state index < -0.39 is 0 Å². The molecular weight excluding hydrogens is 326 g/mol. The van der Waals surface area contributed by atoms with Gasteiger partial charge in [0.1, 0.15) is 0 Å². The van der Waals surface area contributed by atoms with Crippen molar-refractivity contribution < 1.29 is 9.59 Å². The summed E-state index contributed by atoms with van der Waals surface area (Å²) < 4.78 is 0. The average molecular weight is 349 g/mol. The maximum atomic E-state index is 12.9. The van der Waals surface area contributed by atoms with E-state index in [0.29, 0.717) is 26.1 Å². The number of hydrogen-bond acceptors (Lipinski definition) is 3. The molecule has 134 valence electrons. The van der Waals surface area contributed by atoms with E-state index in [4.69, 9.17) is 0 Å². The van der Waals surface area contributed by atoms with Gasteiger partial charge >= 0.3 is 0 Å². The minimum Gasteiger partial charge on any atom is -0.368 e. The van der Waals surface area contributed by atoms with Gasteiger partial charge < -0.3 is 14.7 Å². The summed E-state index contributed by atoms with van der Waals surface area (Å²) >= 11 is 0. The number of para-hydroxylation sites is 2. The molecular formula is C21H23N3O2. The van der Waals surface area contributed by atoms with Crippen molar-refractivity contribution in [1.82, 2.24) is 4.90 Å². The third-order valence-corrected chi connectivity index (χ3v) is 5.25. The zero-order valence-electron chi connectivity index (χ0n) is 14.8. The average Bonchev–Trinajstić information content (AvgIpc) is 3.10. The summed E-state index contributed by atoms with van der Waals surface area (Å²) in [6, 6.07) is 19.9. The Morgan fingerprint density at radius 1 is 0.808 bits per heavy atom. The van der Waals surface area contributed by atoms with Gasteiger partial charge in [-0.15, -0.1) is 0 Å². The molecule has 2 fully saturated rings. The molecule has 5 heteroatoms. The fourth-order valence-corrected chi connectivity index (χ4v) is 3.81. The lowest BCUT2D eigenvalue weighted by atomic mass is 10.1. The number of rotatable bonds is 3. The van der Waals surface area contributed by atoms with Crippen molar-refractivity contribution in [2.75, 3.05) is 42.5 Å². The van der Waals surface area contributed by atoms with Crippen molar-refractivity contribution >= 4 is 23.2 Å². The second kappa shape index (κ2) is 7.20. The largest absolute Gasteiger partial charge is 0.368 e. The molecule has 2 aliphatic heterocycles. The Morgan fingerprint density at radius 3 is 2.00 bits per heavy atom. The molecule has 0 saturated carbocycles. The molecule has 2 aromatic carbocycles. The van der Waals surface area contributed by atoms with Crippen LogP contribution in [0.15, 0.2) is 60.7 Å². The van der Waals surface area contributed by atoms with Gasteiger partial charge in [0.25, 0.3) is 0 Å². The van der Waals surface area contributed by atoms with Gasteiger partial charge in [-0.05, 0) is 24.3 Å². The first-order valence-electron chi connectivity index (χ1n) is 9.16. The quantitative estimate of drug-likeness (QED) is 0.855. The summed E-state index contributed by atoms with van der Waals surface area (Å²) in [5.41, 5.74) is 2.08. The van der Waals surface area contributed by atoms with Crippen LogP contribution in [0.5, 0.6) is 0 Å². The van der Waals surface area contributed by atoms with Crippen LogP contribution >= 0.6 is 0 Å². The third kappa shape index (κ3) is 3.29. The molecule has 0 bridgehead atoms. The second-order valence-electron chi connectivity index (χ2n) is 6.89. The number of carbonyl (C=O) groups is 2. The zero-order chi connectivity index (χ0) is 17.9. The van der Waals surface area contributed by atoms with Gasteiger partial charge in [0, 0.05) is 50.5 Å². The molecule has 2 heterocycles. The maximum absolute atomic E-state index is 12.9. The summed E-state index contributed by atoms with van der Waals surface area (Å²) in [6.07, 6.45) is 0.312. The Kier molecular flexibility index (Phi) is 4.61. The summed E-state index contributed by atoms with van der Waals surface area (Å²) in [5.74, 6) is -0.0760. The van der Waals surface area contributed by atoms with Crippen LogP contribution < -0.4 is 9.80 Å². The number of amides is 2. The highest BCUT2D eigenvalue weighted by Gasteiger charge is 2.37. The number of benzene rings is 2. The fraction of sp³-hybridized carbons (Fsp3) is 0.333. The Bertz CT molecular complexity index is 770. The highest BCUT2D eigenvalue weighted by atomic mass is 16.2. The molecule has 1 atom stereocenters. The Hall–Kier alpha value is -2.82. The minimum absolute atomic E-state index is 0.0393. The van der Waals surface area contributed by atoms with Gasteiger partial charge in [-0.1, -0.05) is 36.4 Å². The van der Waals surface area contributed by atoms with Crippen LogP contribution in [0.2, 0.25) is 0 Å². The van der Waals surface area contributed by atoms with Crippen molar-refractivity contribution in [2.24, 2.45) is 5.92 Å². The molecule has 0 unspecified atom stereocenters. The standard InChI is InChI=1S/C21H23N3O2/c25-20-15-17(16-24(20)19-9-5-2-6-10-19)21(26)23-13-11-22(12-14-23)18-7-3-1-4-8-18/h1-10,17H,11-16H2/t17-/m0/s1. The van der Waals surface area contributed by atoms with Crippen LogP contribution in [-0.4, -0.2) is 49.4 Å². The number of carbonyl (C=O) groups excluding carboxylic acids is 2. The topological polar surface area (TPSA) is 43.9 Å². The lowest BCUT2D eigenvalue weighted by molar-refractivity contribution is -0.136. The molecule has 0 spiro atoms. The van der Waals surface area contributed by atoms with Crippen molar-refractivity contribution in [2.45, 2.75) is 6.42 Å². The van der Waals surface area contributed by atoms with E-state index >= 15 is 0 Å². The van der Waals surface area contributed by atoms with Crippen LogP contribution in [0.3, 0.4) is 0 Å². The predicted octanol–water partition coefficient (Wildman–Crippen LogP) is 2.39. The normalized spacial score (nSPS) is 20.5. The maximum Gasteiger partial charge on any atom is 0.228 e. The number of anilines is 2. The van der Waals surface area contributed by atoms with E-state index in [9.17, 15) is 9.59 Å². The highest BCUT2D eigenvalue weighted by molar-refractivity contribution is 6.00. The molecule has 0 aromatic heterocycles. The van der Waals surface area contributed by atoms with E-state index in [-0.39, 0.29) is 17.7 Å². The van der Waals surface area contributed by atoms with Crippen LogP contribution in [-0.2, 0) is 9.59 Å². The molecule has 0 aliphatic carbocycles. The number of hydrogen-bond donors (Lipinski definition) is 0. The van der Waals surface area contributed by atoms with Crippen LogP contribution in [0.4, 0.5) is 11.4 Å². The molecule has 2 saturated heterocycles. The van der Waals surface area contributed by atoms with E-state index in [0.717, 1.165) is 18.8 Å². The van der Waals surface area contributed by atoms with Crippen LogP contribution in [0, 0.1) is 5.92 Å². The summed E-state index contributed by atoms with van der Waals surface area (Å²) in [5, 5.41) is 0. The van der Waals surface area contributed by atoms with Crippen molar-refractivity contribution in [3.63, 3.8) is 0 Å². The van der Waals surface area contributed by atoms with E-state index in [1.165, 1.54) is 5.69 Å². The molecule has 0 N–H and O–H groups in total. The Balaban J connectivity index is 1.36. The highest BCUT2D eigenvalue weighted by Crippen LogP contribution is 2.26. The van der Waals surface area contributed by atoms with Gasteiger partial charge in [-0.2, -0.15) is 0 Å². The van der Waals surface area contributed by atoms with Crippen molar-refractivity contribution in [3.8, 4) is 0 Å². The smallest absolute Gasteiger partial charge is 0.228 e. The lowest BCUT2D eigenvalue weighted by Crippen LogP contribution is -2.50.